The lowest BCUT2D eigenvalue weighted by Gasteiger charge is -2.11. The maximum Gasteiger partial charge on any atom is 0.150 e. The molecule has 0 N–H and O–H groups in total. The second-order valence-electron chi connectivity index (χ2n) is 4.64. The molecule has 3 aromatic rings. The van der Waals surface area contributed by atoms with Crippen LogP contribution in [0, 0.1) is 0 Å². The van der Waals surface area contributed by atoms with Gasteiger partial charge in [-0.1, -0.05) is 18.2 Å². The van der Waals surface area contributed by atoms with Crippen molar-refractivity contribution in [1.82, 2.24) is 20.0 Å². The lowest BCUT2D eigenvalue weighted by atomic mass is 10.2. The number of rotatable bonds is 3. The molecule has 0 spiro atoms. The van der Waals surface area contributed by atoms with Crippen LogP contribution in [0.1, 0.15) is 0 Å². The van der Waals surface area contributed by atoms with Gasteiger partial charge in [0.1, 0.15) is 5.69 Å². The van der Waals surface area contributed by atoms with Gasteiger partial charge in [-0.3, -0.25) is 0 Å². The Morgan fingerprint density at radius 2 is 1.70 bits per heavy atom. The van der Waals surface area contributed by atoms with Crippen molar-refractivity contribution >= 4 is 5.82 Å². The molecule has 20 heavy (non-hydrogen) atoms. The average molecular weight is 265 g/mol. The molecule has 2 heterocycles. The highest BCUT2D eigenvalue weighted by Crippen LogP contribution is 2.20. The molecule has 0 aliphatic heterocycles. The number of para-hydroxylation sites is 1. The third-order valence-corrected chi connectivity index (χ3v) is 3.01. The fraction of sp³-hybridized carbons (Fsp3) is 0.133. The molecule has 0 saturated heterocycles. The number of nitrogens with zero attached hydrogens (tertiary/aromatic N) is 5. The van der Waals surface area contributed by atoms with E-state index in [2.05, 4.69) is 15.3 Å². The topological polar surface area (TPSA) is 46.8 Å². The highest BCUT2D eigenvalue weighted by atomic mass is 15.3. The summed E-state index contributed by atoms with van der Waals surface area (Å²) < 4.78 is 1.86. The number of aromatic nitrogens is 4. The molecule has 5 heteroatoms. The molecule has 0 amide bonds. The molecule has 0 bridgehead atoms. The second-order valence-corrected chi connectivity index (χ2v) is 4.64. The van der Waals surface area contributed by atoms with E-state index in [0.717, 1.165) is 22.9 Å². The second kappa shape index (κ2) is 5.13. The van der Waals surface area contributed by atoms with Crippen LogP contribution in [0.25, 0.3) is 17.1 Å². The first-order valence-corrected chi connectivity index (χ1v) is 6.36. The molecule has 3 rings (SSSR count). The Hall–Kier alpha value is -2.69. The molecule has 0 radical (unpaired) electrons. The third kappa shape index (κ3) is 2.25. The largest absolute Gasteiger partial charge is 0.361 e. The van der Waals surface area contributed by atoms with Gasteiger partial charge in [-0.05, 0) is 30.3 Å². The fourth-order valence-corrected chi connectivity index (χ4v) is 1.97. The summed E-state index contributed by atoms with van der Waals surface area (Å²) in [5.74, 6) is 0.833. The first-order chi connectivity index (χ1) is 9.75. The van der Waals surface area contributed by atoms with Gasteiger partial charge in [-0.2, -0.15) is 5.10 Å². The van der Waals surface area contributed by atoms with Crippen LogP contribution < -0.4 is 4.90 Å². The van der Waals surface area contributed by atoms with E-state index in [-0.39, 0.29) is 0 Å². The Labute approximate surface area is 117 Å². The number of hydrogen-bond donors (Lipinski definition) is 0. The molecule has 100 valence electrons. The summed E-state index contributed by atoms with van der Waals surface area (Å²) in [4.78, 5) is 1.92. The van der Waals surface area contributed by atoms with Crippen LogP contribution in [0.4, 0.5) is 5.82 Å². The number of anilines is 1. The Morgan fingerprint density at radius 1 is 0.900 bits per heavy atom. The Bertz CT molecular complexity index is 686. The molecular formula is C15H15N5. The minimum atomic E-state index is 0.803. The van der Waals surface area contributed by atoms with E-state index in [9.17, 15) is 0 Å². The van der Waals surface area contributed by atoms with Gasteiger partial charge in [-0.15, -0.1) is 10.2 Å². The minimum Gasteiger partial charge on any atom is -0.361 e. The lowest BCUT2D eigenvalue weighted by Crippen LogP contribution is -2.11. The van der Waals surface area contributed by atoms with E-state index >= 15 is 0 Å². The normalized spacial score (nSPS) is 10.5. The van der Waals surface area contributed by atoms with Crippen molar-refractivity contribution in [2.24, 2.45) is 0 Å². The van der Waals surface area contributed by atoms with Crippen molar-refractivity contribution < 1.29 is 0 Å². The van der Waals surface area contributed by atoms with Gasteiger partial charge in [0.25, 0.3) is 0 Å². The van der Waals surface area contributed by atoms with Crippen LogP contribution in [0.2, 0.25) is 0 Å². The van der Waals surface area contributed by atoms with Gasteiger partial charge < -0.3 is 4.90 Å². The van der Waals surface area contributed by atoms with E-state index in [1.54, 1.807) is 6.20 Å². The highest BCUT2D eigenvalue weighted by Gasteiger charge is 2.09. The van der Waals surface area contributed by atoms with Gasteiger partial charge in [-0.25, -0.2) is 4.68 Å². The van der Waals surface area contributed by atoms with Crippen molar-refractivity contribution in [3.8, 4) is 17.1 Å². The van der Waals surface area contributed by atoms with Crippen molar-refractivity contribution in [2.75, 3.05) is 19.0 Å². The van der Waals surface area contributed by atoms with Gasteiger partial charge >= 0.3 is 0 Å². The molecule has 0 unspecified atom stereocenters. The molecule has 5 nitrogen and oxygen atoms in total. The van der Waals surface area contributed by atoms with Crippen LogP contribution in [-0.2, 0) is 0 Å². The summed E-state index contributed by atoms with van der Waals surface area (Å²) in [7, 11) is 3.88. The first kappa shape index (κ1) is 12.3. The van der Waals surface area contributed by atoms with Gasteiger partial charge in [0.2, 0.25) is 0 Å². The average Bonchev–Trinajstić information content (AvgIpc) is 2.97. The zero-order chi connectivity index (χ0) is 13.9. The molecule has 0 fully saturated rings. The van der Waals surface area contributed by atoms with Crippen LogP contribution in [-0.4, -0.2) is 34.1 Å². The zero-order valence-electron chi connectivity index (χ0n) is 11.4. The van der Waals surface area contributed by atoms with Crippen molar-refractivity contribution in [3.63, 3.8) is 0 Å². The van der Waals surface area contributed by atoms with Gasteiger partial charge in [0.15, 0.2) is 5.82 Å². The highest BCUT2D eigenvalue weighted by molar-refractivity contribution is 5.58. The van der Waals surface area contributed by atoms with E-state index in [1.165, 1.54) is 0 Å². The van der Waals surface area contributed by atoms with E-state index < -0.39 is 0 Å². The molecular weight excluding hydrogens is 250 g/mol. The Balaban J connectivity index is 2.01. The van der Waals surface area contributed by atoms with Crippen LogP contribution in [0.3, 0.4) is 0 Å². The predicted molar refractivity (Wildman–Crippen MR) is 78.9 cm³/mol. The zero-order valence-corrected chi connectivity index (χ0v) is 11.4. The maximum atomic E-state index is 4.36. The minimum absolute atomic E-state index is 0.803. The monoisotopic (exact) mass is 265 g/mol. The van der Waals surface area contributed by atoms with Crippen molar-refractivity contribution in [3.05, 3.63) is 54.7 Å². The summed E-state index contributed by atoms with van der Waals surface area (Å²) >= 11 is 0. The van der Waals surface area contributed by atoms with E-state index in [0.29, 0.717) is 0 Å². The van der Waals surface area contributed by atoms with E-state index in [4.69, 9.17) is 0 Å². The van der Waals surface area contributed by atoms with Gasteiger partial charge in [0.05, 0.1) is 17.6 Å². The number of hydrogen-bond acceptors (Lipinski definition) is 4. The van der Waals surface area contributed by atoms with Crippen LogP contribution in [0.5, 0.6) is 0 Å². The first-order valence-electron chi connectivity index (χ1n) is 6.36. The summed E-state index contributed by atoms with van der Waals surface area (Å²) in [6.07, 6.45) is 1.77. The maximum absolute atomic E-state index is 4.36. The van der Waals surface area contributed by atoms with Crippen LogP contribution in [0.15, 0.2) is 54.7 Å². The van der Waals surface area contributed by atoms with Crippen LogP contribution >= 0.6 is 0 Å². The number of benzene rings is 1. The molecule has 1 aromatic carbocycles. The smallest absolute Gasteiger partial charge is 0.150 e. The van der Waals surface area contributed by atoms with E-state index in [1.807, 2.05) is 72.2 Å². The van der Waals surface area contributed by atoms with Gasteiger partial charge in [0, 0.05) is 14.1 Å². The quantitative estimate of drug-likeness (QED) is 0.729. The summed E-state index contributed by atoms with van der Waals surface area (Å²) in [5, 5.41) is 12.8. The summed E-state index contributed by atoms with van der Waals surface area (Å²) in [6, 6.07) is 15.8. The summed E-state index contributed by atoms with van der Waals surface area (Å²) in [6.45, 7) is 0. The molecule has 2 aromatic heterocycles. The van der Waals surface area contributed by atoms with Crippen molar-refractivity contribution in [1.29, 1.82) is 0 Å². The lowest BCUT2D eigenvalue weighted by molar-refractivity contribution is 0.875. The van der Waals surface area contributed by atoms with Crippen molar-refractivity contribution in [2.45, 2.75) is 0 Å². The summed E-state index contributed by atoms with van der Waals surface area (Å²) in [5.41, 5.74) is 2.73. The Morgan fingerprint density at radius 3 is 2.35 bits per heavy atom. The SMILES string of the molecule is CN(C)c1ccc(-c2ccnn2-c2ccccc2)nn1. The molecule has 0 aliphatic carbocycles. The molecule has 0 atom stereocenters. The third-order valence-electron chi connectivity index (χ3n) is 3.01. The predicted octanol–water partition coefficient (Wildman–Crippen LogP) is 2.40. The fourth-order valence-electron chi connectivity index (χ4n) is 1.97. The molecule has 0 saturated carbocycles. The molecule has 0 aliphatic rings. The Kier molecular flexibility index (Phi) is 3.16. The standard InChI is InChI=1S/C15H15N5/c1-19(2)15-9-8-13(17-18-15)14-10-11-16-20(14)12-6-4-3-5-7-12/h3-11H,1-2H3.